The fourth-order valence-electron chi connectivity index (χ4n) is 4.76. The van der Waals surface area contributed by atoms with Crippen molar-refractivity contribution in [3.8, 4) is 0 Å². The lowest BCUT2D eigenvalue weighted by molar-refractivity contribution is -0.137. The number of hydrazine groups is 1. The van der Waals surface area contributed by atoms with E-state index in [4.69, 9.17) is 10.8 Å². The molecule has 1 aromatic rings. The molecule has 0 aliphatic carbocycles. The molecular weight excluding hydrogens is 520 g/mol. The predicted octanol–water partition coefficient (Wildman–Crippen LogP) is 5.17. The van der Waals surface area contributed by atoms with Crippen LogP contribution >= 0.6 is 0 Å². The summed E-state index contributed by atoms with van der Waals surface area (Å²) < 4.78 is 0. The van der Waals surface area contributed by atoms with Gasteiger partial charge in [-0.25, -0.2) is 5.43 Å². The summed E-state index contributed by atoms with van der Waals surface area (Å²) >= 11 is 0. The maximum absolute atomic E-state index is 13.0. The summed E-state index contributed by atoms with van der Waals surface area (Å²) in [5.41, 5.74) is 12.0. The zero-order valence-electron chi connectivity index (χ0n) is 25.3. The van der Waals surface area contributed by atoms with Crippen LogP contribution in [0.15, 0.2) is 30.3 Å². The topological polar surface area (TPSA) is 151 Å². The third-order valence-electron chi connectivity index (χ3n) is 7.60. The summed E-state index contributed by atoms with van der Waals surface area (Å²) in [4.78, 5) is 47.9. The molecule has 0 heterocycles. The zero-order chi connectivity index (χ0) is 30.3. The highest BCUT2D eigenvalue weighted by Gasteiger charge is 2.28. The van der Waals surface area contributed by atoms with Gasteiger partial charge in [-0.3, -0.25) is 24.6 Å². The molecule has 6 N–H and O–H groups in total. The maximum Gasteiger partial charge on any atom is 0.303 e. The number of aliphatic carboxylic acids is 1. The number of nitrogens with two attached hydrogens (primary N) is 1. The Morgan fingerprint density at radius 2 is 1.27 bits per heavy atom. The summed E-state index contributed by atoms with van der Waals surface area (Å²) in [5, 5.41) is 11.4. The van der Waals surface area contributed by atoms with Gasteiger partial charge in [0.15, 0.2) is 0 Å². The summed E-state index contributed by atoms with van der Waals surface area (Å²) in [7, 11) is 0. The second-order valence-electron chi connectivity index (χ2n) is 11.2. The van der Waals surface area contributed by atoms with E-state index < -0.39 is 24.0 Å². The molecule has 0 fully saturated rings. The van der Waals surface area contributed by atoms with E-state index in [0.717, 1.165) is 50.5 Å². The fraction of sp³-hybridized carbons (Fsp3) is 0.688. The van der Waals surface area contributed by atoms with Gasteiger partial charge in [-0.05, 0) is 24.3 Å². The molecule has 0 spiro atoms. The van der Waals surface area contributed by atoms with Crippen LogP contribution in [0.4, 0.5) is 0 Å². The van der Waals surface area contributed by atoms with E-state index in [2.05, 4.69) is 16.2 Å². The smallest absolute Gasteiger partial charge is 0.303 e. The van der Waals surface area contributed by atoms with Crippen molar-refractivity contribution in [1.29, 1.82) is 0 Å². The summed E-state index contributed by atoms with van der Waals surface area (Å²) in [5.74, 6) is -1.88. The number of unbranched alkanes of at least 4 members (excludes halogenated alkanes) is 12. The Kier molecular flexibility index (Phi) is 20.0. The Balaban J connectivity index is 2.19. The number of benzene rings is 1. The highest BCUT2D eigenvalue weighted by Crippen LogP contribution is 2.14. The van der Waals surface area contributed by atoms with E-state index in [0.29, 0.717) is 12.8 Å². The van der Waals surface area contributed by atoms with E-state index >= 15 is 0 Å². The van der Waals surface area contributed by atoms with Gasteiger partial charge < -0.3 is 16.2 Å². The second kappa shape index (κ2) is 22.7. The van der Waals surface area contributed by atoms with Crippen LogP contribution in [0.5, 0.6) is 0 Å². The quantitative estimate of drug-likeness (QED) is 0.0803. The van der Waals surface area contributed by atoms with E-state index in [1.807, 2.05) is 44.2 Å². The number of carboxylic acids is 1. The molecule has 9 nitrogen and oxygen atoms in total. The number of carbonyl (C=O) groups is 4. The normalized spacial score (nSPS) is 13.2. The first-order chi connectivity index (χ1) is 19.7. The molecular formula is C32H54N4O5. The Hall–Kier alpha value is -2.94. The van der Waals surface area contributed by atoms with Crippen molar-refractivity contribution in [3.63, 3.8) is 0 Å². The van der Waals surface area contributed by atoms with Gasteiger partial charge in [0.05, 0.1) is 0 Å². The maximum atomic E-state index is 13.0. The molecule has 0 bridgehead atoms. The standard InChI is InChI=1S/C32H54N4O5/c1-3-25(2)30(32(41)34-27(31(33)40)24-26-20-16-15-17-21-26)36-35-28(37)22-18-13-11-9-7-5-4-6-8-10-12-14-19-23-29(38)39/h15-17,20-21,25,27,30,36H,3-14,18-19,22-24H2,1-2H3,(H2,33,40)(H,34,41)(H,35,37)(H,38,39)/t25-,27-,30-/m0/s1. The molecule has 0 saturated heterocycles. The molecule has 9 heteroatoms. The third-order valence-corrected chi connectivity index (χ3v) is 7.60. The van der Waals surface area contributed by atoms with Gasteiger partial charge in [-0.15, -0.1) is 0 Å². The first kappa shape index (κ1) is 36.1. The predicted molar refractivity (Wildman–Crippen MR) is 163 cm³/mol. The van der Waals surface area contributed by atoms with Crippen LogP contribution < -0.4 is 21.9 Å². The highest BCUT2D eigenvalue weighted by atomic mass is 16.4. The summed E-state index contributed by atoms with van der Waals surface area (Å²) in [6.45, 7) is 3.89. The minimum Gasteiger partial charge on any atom is -0.481 e. The van der Waals surface area contributed by atoms with E-state index in [9.17, 15) is 19.2 Å². The van der Waals surface area contributed by atoms with Crippen molar-refractivity contribution in [2.24, 2.45) is 11.7 Å². The van der Waals surface area contributed by atoms with Gasteiger partial charge in [-0.2, -0.15) is 0 Å². The van der Waals surface area contributed by atoms with Crippen molar-refractivity contribution in [2.75, 3.05) is 0 Å². The van der Waals surface area contributed by atoms with Crippen LogP contribution in [-0.2, 0) is 25.6 Å². The number of carboxylic acid groups (broad SMARTS) is 1. The van der Waals surface area contributed by atoms with Crippen molar-refractivity contribution in [2.45, 2.75) is 135 Å². The van der Waals surface area contributed by atoms with Crippen LogP contribution in [0.3, 0.4) is 0 Å². The number of hydrogen-bond acceptors (Lipinski definition) is 5. The van der Waals surface area contributed by atoms with Gasteiger partial charge >= 0.3 is 5.97 Å². The monoisotopic (exact) mass is 574 g/mol. The molecule has 0 aromatic heterocycles. The molecule has 41 heavy (non-hydrogen) atoms. The van der Waals surface area contributed by atoms with Crippen LogP contribution in [-0.4, -0.2) is 40.9 Å². The number of rotatable bonds is 25. The molecule has 0 aliphatic rings. The minimum atomic E-state index is -0.837. The van der Waals surface area contributed by atoms with Crippen LogP contribution in [0.25, 0.3) is 0 Å². The lowest BCUT2D eigenvalue weighted by Crippen LogP contribution is -2.58. The van der Waals surface area contributed by atoms with E-state index in [-0.39, 0.29) is 24.2 Å². The average Bonchev–Trinajstić information content (AvgIpc) is 2.94. The number of primary amides is 1. The van der Waals surface area contributed by atoms with Crippen molar-refractivity contribution in [3.05, 3.63) is 35.9 Å². The lowest BCUT2D eigenvalue weighted by Gasteiger charge is -2.26. The SMILES string of the molecule is CC[C@H](C)[C@H](NNC(=O)CCCCCCCCCCCCCCCC(=O)O)C(=O)N[C@@H](Cc1ccccc1)C(N)=O. The van der Waals surface area contributed by atoms with Crippen LogP contribution in [0.1, 0.15) is 122 Å². The van der Waals surface area contributed by atoms with E-state index in [1.165, 1.54) is 44.9 Å². The molecule has 0 aliphatic heterocycles. The van der Waals surface area contributed by atoms with Gasteiger partial charge in [0.25, 0.3) is 0 Å². The molecule has 3 atom stereocenters. The summed E-state index contributed by atoms with van der Waals surface area (Å²) in [6.07, 6.45) is 16.1. The molecule has 1 rings (SSSR count). The number of carbonyl (C=O) groups excluding carboxylic acids is 3. The van der Waals surface area contributed by atoms with Gasteiger partial charge in [0.2, 0.25) is 17.7 Å². The molecule has 0 unspecified atom stereocenters. The molecule has 3 amide bonds. The van der Waals surface area contributed by atoms with Gasteiger partial charge in [0, 0.05) is 19.3 Å². The van der Waals surface area contributed by atoms with Crippen molar-refractivity contribution in [1.82, 2.24) is 16.2 Å². The molecule has 0 radical (unpaired) electrons. The third kappa shape index (κ3) is 18.2. The lowest BCUT2D eigenvalue weighted by atomic mass is 9.98. The van der Waals surface area contributed by atoms with Gasteiger partial charge in [0.1, 0.15) is 12.1 Å². The highest BCUT2D eigenvalue weighted by molar-refractivity contribution is 5.89. The average molecular weight is 575 g/mol. The molecule has 1 aromatic carbocycles. The zero-order valence-corrected chi connectivity index (χ0v) is 25.3. The minimum absolute atomic E-state index is 0.0654. The Morgan fingerprint density at radius 1 is 0.780 bits per heavy atom. The Morgan fingerprint density at radius 3 is 1.73 bits per heavy atom. The number of hydrogen-bond donors (Lipinski definition) is 5. The second-order valence-corrected chi connectivity index (χ2v) is 11.2. The largest absolute Gasteiger partial charge is 0.481 e. The summed E-state index contributed by atoms with van der Waals surface area (Å²) in [6, 6.07) is 7.87. The van der Waals surface area contributed by atoms with Crippen molar-refractivity contribution < 1.29 is 24.3 Å². The van der Waals surface area contributed by atoms with Gasteiger partial charge in [-0.1, -0.05) is 121 Å². The fourth-order valence-corrected chi connectivity index (χ4v) is 4.76. The first-order valence-corrected chi connectivity index (χ1v) is 15.6. The number of amides is 3. The van der Waals surface area contributed by atoms with Crippen LogP contribution in [0.2, 0.25) is 0 Å². The Bertz CT molecular complexity index is 880. The number of nitrogens with one attached hydrogen (secondary N) is 3. The molecule has 232 valence electrons. The molecule has 0 saturated carbocycles. The first-order valence-electron chi connectivity index (χ1n) is 15.6. The van der Waals surface area contributed by atoms with E-state index in [1.54, 1.807) is 0 Å². The van der Waals surface area contributed by atoms with Crippen LogP contribution in [0, 0.1) is 5.92 Å². The van der Waals surface area contributed by atoms with Crippen molar-refractivity contribution >= 4 is 23.7 Å². The Labute approximate surface area is 246 Å².